The van der Waals surface area contributed by atoms with E-state index in [0.717, 1.165) is 34.7 Å². The number of methoxy groups -OCH3 is 1. The number of nitrogens with zero attached hydrogens (tertiary/aromatic N) is 1. The van der Waals surface area contributed by atoms with Crippen LogP contribution in [-0.2, 0) is 11.2 Å². The number of carbonyl (C=O) groups is 1. The van der Waals surface area contributed by atoms with E-state index in [2.05, 4.69) is 46.7 Å². The third-order valence-corrected chi connectivity index (χ3v) is 6.02. The first kappa shape index (κ1) is 21.6. The fraction of sp³-hybridized carbons (Fsp3) is 0.154. The van der Waals surface area contributed by atoms with Crippen molar-refractivity contribution in [2.24, 2.45) is 0 Å². The molecule has 3 aromatic carbocycles. The van der Waals surface area contributed by atoms with Crippen molar-refractivity contribution in [1.82, 2.24) is 4.98 Å². The zero-order chi connectivity index (χ0) is 22.5. The van der Waals surface area contributed by atoms with Crippen molar-refractivity contribution in [3.8, 4) is 16.9 Å². The first-order valence-corrected chi connectivity index (χ1v) is 11.2. The van der Waals surface area contributed by atoms with Crippen LogP contribution in [0.15, 0.2) is 78.2 Å². The molecule has 0 radical (unpaired) electrons. The highest BCUT2D eigenvalue weighted by Crippen LogP contribution is 2.32. The second-order valence-corrected chi connectivity index (χ2v) is 8.49. The summed E-state index contributed by atoms with van der Waals surface area (Å²) < 4.78 is 5.31. The van der Waals surface area contributed by atoms with E-state index in [-0.39, 0.29) is 11.8 Å². The van der Waals surface area contributed by atoms with Gasteiger partial charge in [0.05, 0.1) is 12.8 Å². The number of nitrogens with one attached hydrogen (secondary N) is 1. The molecule has 162 valence electrons. The summed E-state index contributed by atoms with van der Waals surface area (Å²) in [6.07, 6.45) is 0.807. The van der Waals surface area contributed by atoms with Gasteiger partial charge < -0.3 is 15.8 Å². The standard InChI is InChI=1S/C26H25N3O2S/c1-17(30)28-22-5-3-4-21(15-22)19-8-6-18(7-9-19)14-24(25-16-32-26(27)29-25)20-10-12-23(31-2)13-11-20/h3-13,15-16,24H,14H2,1-2H3,(H2,27,29)(H,28,30)/t24-/m0/s1. The molecule has 4 rings (SSSR count). The van der Waals surface area contributed by atoms with Crippen molar-refractivity contribution in [1.29, 1.82) is 0 Å². The minimum atomic E-state index is -0.0789. The second-order valence-electron chi connectivity index (χ2n) is 7.60. The molecule has 0 fully saturated rings. The lowest BCUT2D eigenvalue weighted by Gasteiger charge is -2.16. The lowest BCUT2D eigenvalue weighted by Crippen LogP contribution is -2.06. The van der Waals surface area contributed by atoms with Crippen LogP contribution in [0.2, 0.25) is 0 Å². The van der Waals surface area contributed by atoms with Gasteiger partial charge in [-0.2, -0.15) is 0 Å². The van der Waals surface area contributed by atoms with Crippen LogP contribution in [0.4, 0.5) is 10.8 Å². The van der Waals surface area contributed by atoms with Gasteiger partial charge in [-0.3, -0.25) is 4.79 Å². The van der Waals surface area contributed by atoms with Gasteiger partial charge in [0.2, 0.25) is 5.91 Å². The monoisotopic (exact) mass is 443 g/mol. The Morgan fingerprint density at radius 1 is 1.06 bits per heavy atom. The lowest BCUT2D eigenvalue weighted by atomic mass is 9.89. The van der Waals surface area contributed by atoms with Crippen LogP contribution in [-0.4, -0.2) is 18.0 Å². The van der Waals surface area contributed by atoms with Crippen LogP contribution in [0.3, 0.4) is 0 Å². The minimum absolute atomic E-state index is 0.0789. The summed E-state index contributed by atoms with van der Waals surface area (Å²) in [7, 11) is 1.67. The van der Waals surface area contributed by atoms with Crippen molar-refractivity contribution in [2.75, 3.05) is 18.2 Å². The van der Waals surface area contributed by atoms with Gasteiger partial charge in [-0.15, -0.1) is 11.3 Å². The Hall–Kier alpha value is -3.64. The maximum atomic E-state index is 11.3. The molecule has 3 N–H and O–H groups in total. The summed E-state index contributed by atoms with van der Waals surface area (Å²) in [6, 6.07) is 24.5. The van der Waals surface area contributed by atoms with Crippen LogP contribution in [0.5, 0.6) is 5.75 Å². The Bertz CT molecular complexity index is 1200. The number of thiazole rings is 1. The van der Waals surface area contributed by atoms with Crippen molar-refractivity contribution in [3.05, 3.63) is 95.0 Å². The Morgan fingerprint density at radius 2 is 1.81 bits per heavy atom. The topological polar surface area (TPSA) is 77.2 Å². The fourth-order valence-corrected chi connectivity index (χ4v) is 4.36. The van der Waals surface area contributed by atoms with Crippen LogP contribution < -0.4 is 15.8 Å². The van der Waals surface area contributed by atoms with Gasteiger partial charge >= 0.3 is 0 Å². The van der Waals surface area contributed by atoms with Gasteiger partial charge in [-0.05, 0) is 52.9 Å². The molecular weight excluding hydrogens is 418 g/mol. The molecule has 32 heavy (non-hydrogen) atoms. The Balaban J connectivity index is 1.58. The number of amides is 1. The third kappa shape index (κ3) is 5.15. The van der Waals surface area contributed by atoms with Crippen LogP contribution >= 0.6 is 11.3 Å². The number of hydrogen-bond acceptors (Lipinski definition) is 5. The number of rotatable bonds is 7. The molecule has 0 unspecified atom stereocenters. The summed E-state index contributed by atoms with van der Waals surface area (Å²) in [6.45, 7) is 1.51. The normalized spacial score (nSPS) is 11.7. The number of carbonyl (C=O) groups excluding carboxylic acids is 1. The van der Waals surface area contributed by atoms with E-state index < -0.39 is 0 Å². The molecule has 0 spiro atoms. The fourth-order valence-electron chi connectivity index (χ4n) is 3.74. The molecule has 6 heteroatoms. The van der Waals surface area contributed by atoms with Crippen LogP contribution in [0.1, 0.15) is 29.7 Å². The van der Waals surface area contributed by atoms with E-state index >= 15 is 0 Å². The van der Waals surface area contributed by atoms with Gasteiger partial charge in [0.25, 0.3) is 0 Å². The van der Waals surface area contributed by atoms with Gasteiger partial charge in [0.15, 0.2) is 5.13 Å². The zero-order valence-electron chi connectivity index (χ0n) is 18.0. The highest BCUT2D eigenvalue weighted by Gasteiger charge is 2.18. The van der Waals surface area contributed by atoms with E-state index in [1.165, 1.54) is 29.4 Å². The van der Waals surface area contributed by atoms with E-state index in [9.17, 15) is 4.79 Å². The molecule has 4 aromatic rings. The van der Waals surface area contributed by atoms with Gasteiger partial charge in [0, 0.05) is 23.9 Å². The average Bonchev–Trinajstić information content (AvgIpc) is 3.23. The highest BCUT2D eigenvalue weighted by molar-refractivity contribution is 7.13. The summed E-state index contributed by atoms with van der Waals surface area (Å²) in [5.74, 6) is 0.851. The SMILES string of the molecule is COc1ccc([C@H](Cc2ccc(-c3cccc(NC(C)=O)c3)cc2)c2csc(N)n2)cc1. The van der Waals surface area contributed by atoms with Gasteiger partial charge in [-0.25, -0.2) is 4.98 Å². The van der Waals surface area contributed by atoms with E-state index in [1.54, 1.807) is 7.11 Å². The third-order valence-electron chi connectivity index (χ3n) is 5.32. The van der Waals surface area contributed by atoms with Crippen LogP contribution in [0, 0.1) is 0 Å². The number of hydrogen-bond donors (Lipinski definition) is 2. The average molecular weight is 444 g/mol. The number of ether oxygens (including phenoxy) is 1. The Labute approximate surface area is 191 Å². The molecule has 0 saturated heterocycles. The molecule has 0 saturated carbocycles. The van der Waals surface area contributed by atoms with Crippen molar-refractivity contribution in [3.63, 3.8) is 0 Å². The highest BCUT2D eigenvalue weighted by atomic mass is 32.1. The number of nitrogens with two attached hydrogens (primary N) is 1. The van der Waals surface area contributed by atoms with Crippen molar-refractivity contribution in [2.45, 2.75) is 19.3 Å². The molecule has 1 heterocycles. The molecule has 0 aliphatic rings. The number of benzene rings is 3. The molecule has 0 bridgehead atoms. The smallest absolute Gasteiger partial charge is 0.221 e. The first-order chi connectivity index (χ1) is 15.5. The Kier molecular flexibility index (Phi) is 6.52. The molecule has 1 amide bonds. The predicted molar refractivity (Wildman–Crippen MR) is 131 cm³/mol. The zero-order valence-corrected chi connectivity index (χ0v) is 18.9. The molecule has 0 aliphatic heterocycles. The van der Waals surface area contributed by atoms with E-state index in [1.807, 2.05) is 41.8 Å². The lowest BCUT2D eigenvalue weighted by molar-refractivity contribution is -0.114. The molecule has 5 nitrogen and oxygen atoms in total. The number of anilines is 2. The number of nitrogen functional groups attached to an aromatic ring is 1. The second kappa shape index (κ2) is 9.66. The van der Waals surface area contributed by atoms with Gasteiger partial charge in [0.1, 0.15) is 5.75 Å². The Morgan fingerprint density at radius 3 is 2.44 bits per heavy atom. The predicted octanol–water partition coefficient (Wildman–Crippen LogP) is 5.73. The first-order valence-electron chi connectivity index (χ1n) is 10.3. The van der Waals surface area contributed by atoms with Crippen molar-refractivity contribution < 1.29 is 9.53 Å². The maximum absolute atomic E-state index is 11.3. The summed E-state index contributed by atoms with van der Waals surface area (Å²) in [5.41, 5.74) is 12.2. The van der Waals surface area contributed by atoms with Crippen LogP contribution in [0.25, 0.3) is 11.1 Å². The molecular formula is C26H25N3O2S. The van der Waals surface area contributed by atoms with E-state index in [0.29, 0.717) is 5.13 Å². The number of aromatic nitrogens is 1. The minimum Gasteiger partial charge on any atom is -0.497 e. The molecule has 1 atom stereocenters. The summed E-state index contributed by atoms with van der Waals surface area (Å²) >= 11 is 1.46. The largest absolute Gasteiger partial charge is 0.497 e. The summed E-state index contributed by atoms with van der Waals surface area (Å²) in [5, 5.41) is 5.45. The maximum Gasteiger partial charge on any atom is 0.221 e. The molecule has 0 aliphatic carbocycles. The molecule has 1 aromatic heterocycles. The van der Waals surface area contributed by atoms with Gasteiger partial charge in [-0.1, -0.05) is 48.5 Å². The quantitative estimate of drug-likeness (QED) is 0.382. The summed E-state index contributed by atoms with van der Waals surface area (Å²) in [4.78, 5) is 15.9. The van der Waals surface area contributed by atoms with E-state index in [4.69, 9.17) is 10.5 Å². The van der Waals surface area contributed by atoms with Crippen molar-refractivity contribution >= 4 is 28.1 Å².